The van der Waals surface area contributed by atoms with Crippen molar-refractivity contribution in [3.63, 3.8) is 0 Å². The monoisotopic (exact) mass is 388 g/mol. The standard InChI is InChI=1S/C21H32N4O3/c1-3-22-20(25-17-14-18(28-4-2)21(17)10-5-11-21)24-13-12-23-19(27)15-6-8-16(26)9-7-15/h6-9,17-18,26H,3-5,10-14H2,1-2H3,(H,23,27)(H2,22,24,25). The van der Waals surface area contributed by atoms with Gasteiger partial charge < -0.3 is 25.8 Å². The Kier molecular flexibility index (Phi) is 6.78. The van der Waals surface area contributed by atoms with Crippen molar-refractivity contribution in [1.29, 1.82) is 0 Å². The lowest BCUT2D eigenvalue weighted by Crippen LogP contribution is -2.68. The van der Waals surface area contributed by atoms with Gasteiger partial charge in [0.15, 0.2) is 5.96 Å². The lowest BCUT2D eigenvalue weighted by molar-refractivity contribution is -0.168. The summed E-state index contributed by atoms with van der Waals surface area (Å²) in [4.78, 5) is 16.7. The number of carbonyl (C=O) groups excluding carboxylic acids is 1. The highest BCUT2D eigenvalue weighted by molar-refractivity contribution is 5.94. The predicted octanol–water partition coefficient (Wildman–Crippen LogP) is 2.02. The first-order valence-corrected chi connectivity index (χ1v) is 10.3. The lowest BCUT2D eigenvalue weighted by Gasteiger charge is -2.61. The van der Waals surface area contributed by atoms with Crippen LogP contribution in [0.1, 0.15) is 49.9 Å². The van der Waals surface area contributed by atoms with E-state index in [0.29, 0.717) is 30.8 Å². The van der Waals surface area contributed by atoms with Gasteiger partial charge in [-0.3, -0.25) is 9.79 Å². The number of benzene rings is 1. The Bertz CT molecular complexity index is 685. The van der Waals surface area contributed by atoms with Crippen LogP contribution in [0.4, 0.5) is 0 Å². The molecule has 154 valence electrons. The van der Waals surface area contributed by atoms with Gasteiger partial charge in [-0.05, 0) is 57.4 Å². The zero-order valence-electron chi connectivity index (χ0n) is 16.8. The number of ether oxygens (including phenoxy) is 1. The molecule has 0 bridgehead atoms. The quantitative estimate of drug-likeness (QED) is 0.311. The molecule has 7 heteroatoms. The molecule has 3 rings (SSSR count). The van der Waals surface area contributed by atoms with Gasteiger partial charge in [-0.2, -0.15) is 0 Å². The molecular weight excluding hydrogens is 356 g/mol. The average molecular weight is 389 g/mol. The first kappa shape index (κ1) is 20.5. The van der Waals surface area contributed by atoms with E-state index in [4.69, 9.17) is 4.74 Å². The van der Waals surface area contributed by atoms with E-state index in [1.165, 1.54) is 31.4 Å². The minimum absolute atomic E-state index is 0.148. The topological polar surface area (TPSA) is 95.0 Å². The van der Waals surface area contributed by atoms with E-state index < -0.39 is 0 Å². The van der Waals surface area contributed by atoms with Crippen LogP contribution in [0.5, 0.6) is 5.75 Å². The zero-order valence-corrected chi connectivity index (χ0v) is 16.8. The summed E-state index contributed by atoms with van der Waals surface area (Å²) in [5.74, 6) is 0.780. The number of carbonyl (C=O) groups is 1. The second-order valence-electron chi connectivity index (χ2n) is 7.53. The fraction of sp³-hybridized carbons (Fsp3) is 0.619. The van der Waals surface area contributed by atoms with Crippen molar-refractivity contribution in [3.05, 3.63) is 29.8 Å². The molecule has 1 aromatic rings. The minimum Gasteiger partial charge on any atom is -0.508 e. The second-order valence-corrected chi connectivity index (χ2v) is 7.53. The first-order valence-electron chi connectivity index (χ1n) is 10.3. The maximum Gasteiger partial charge on any atom is 0.251 e. The highest BCUT2D eigenvalue weighted by Gasteiger charge is 2.59. The molecule has 1 aromatic carbocycles. The molecule has 0 aromatic heterocycles. The predicted molar refractivity (Wildman–Crippen MR) is 110 cm³/mol. The molecule has 4 N–H and O–H groups in total. The summed E-state index contributed by atoms with van der Waals surface area (Å²) in [6, 6.07) is 6.61. The second kappa shape index (κ2) is 9.28. The Balaban J connectivity index is 1.48. The molecule has 2 unspecified atom stereocenters. The molecule has 1 amide bonds. The largest absolute Gasteiger partial charge is 0.508 e. The lowest BCUT2D eigenvalue weighted by atomic mass is 9.51. The Morgan fingerprint density at radius 1 is 1.25 bits per heavy atom. The number of hydrogen-bond acceptors (Lipinski definition) is 4. The van der Waals surface area contributed by atoms with Gasteiger partial charge in [0.2, 0.25) is 0 Å². The number of nitrogens with zero attached hydrogens (tertiary/aromatic N) is 1. The van der Waals surface area contributed by atoms with Crippen LogP contribution in [0.3, 0.4) is 0 Å². The van der Waals surface area contributed by atoms with Crippen molar-refractivity contribution in [2.24, 2.45) is 10.4 Å². The van der Waals surface area contributed by atoms with Crippen molar-refractivity contribution >= 4 is 11.9 Å². The molecule has 2 saturated carbocycles. The van der Waals surface area contributed by atoms with Crippen LogP contribution in [-0.2, 0) is 4.74 Å². The van der Waals surface area contributed by atoms with E-state index in [1.807, 2.05) is 6.92 Å². The number of rotatable bonds is 8. The smallest absolute Gasteiger partial charge is 0.251 e. The van der Waals surface area contributed by atoms with Gasteiger partial charge in [0.25, 0.3) is 5.91 Å². The van der Waals surface area contributed by atoms with Gasteiger partial charge in [0.1, 0.15) is 5.75 Å². The molecule has 2 atom stereocenters. The van der Waals surface area contributed by atoms with Crippen LogP contribution in [0.15, 0.2) is 29.3 Å². The van der Waals surface area contributed by atoms with Crippen LogP contribution in [0.25, 0.3) is 0 Å². The number of phenolic OH excluding ortho intramolecular Hbond substituents is 1. The summed E-state index contributed by atoms with van der Waals surface area (Å²) in [6.45, 7) is 6.62. The highest BCUT2D eigenvalue weighted by Crippen LogP contribution is 2.57. The number of aromatic hydroxyl groups is 1. The van der Waals surface area contributed by atoms with Crippen molar-refractivity contribution in [1.82, 2.24) is 16.0 Å². The van der Waals surface area contributed by atoms with E-state index in [9.17, 15) is 9.90 Å². The Morgan fingerprint density at radius 3 is 2.61 bits per heavy atom. The zero-order chi connectivity index (χ0) is 20.0. The fourth-order valence-corrected chi connectivity index (χ4v) is 4.18. The number of aliphatic imine (C=N–C) groups is 1. The number of phenols is 1. The number of amides is 1. The SMILES string of the molecule is CCNC(=NCCNC(=O)c1ccc(O)cc1)NC1CC(OCC)C12CCC2. The summed E-state index contributed by atoms with van der Waals surface area (Å²) < 4.78 is 5.92. The summed E-state index contributed by atoms with van der Waals surface area (Å²) in [7, 11) is 0. The fourth-order valence-electron chi connectivity index (χ4n) is 4.18. The first-order chi connectivity index (χ1) is 13.6. The van der Waals surface area contributed by atoms with Crippen molar-refractivity contribution in [2.45, 2.75) is 51.7 Å². The van der Waals surface area contributed by atoms with Crippen molar-refractivity contribution in [2.75, 3.05) is 26.2 Å². The molecule has 2 aliphatic carbocycles. The number of hydrogen-bond donors (Lipinski definition) is 4. The molecule has 1 spiro atoms. The third-order valence-electron chi connectivity index (χ3n) is 5.89. The maximum absolute atomic E-state index is 12.1. The molecule has 0 aliphatic heterocycles. The third-order valence-corrected chi connectivity index (χ3v) is 5.89. The normalized spacial score (nSPS) is 22.9. The van der Waals surface area contributed by atoms with Crippen LogP contribution in [0, 0.1) is 5.41 Å². The summed E-state index contributed by atoms with van der Waals surface area (Å²) >= 11 is 0. The maximum atomic E-state index is 12.1. The van der Waals surface area contributed by atoms with E-state index in [0.717, 1.165) is 25.5 Å². The Labute approximate surface area is 167 Å². The molecule has 2 fully saturated rings. The van der Waals surface area contributed by atoms with Gasteiger partial charge in [-0.25, -0.2) is 0 Å². The van der Waals surface area contributed by atoms with Crippen molar-refractivity contribution < 1.29 is 14.6 Å². The summed E-state index contributed by atoms with van der Waals surface area (Å²) in [6.07, 6.45) is 5.11. The van der Waals surface area contributed by atoms with Gasteiger partial charge >= 0.3 is 0 Å². The molecule has 2 aliphatic rings. The molecule has 7 nitrogen and oxygen atoms in total. The van der Waals surface area contributed by atoms with E-state index >= 15 is 0 Å². The number of nitrogens with one attached hydrogen (secondary N) is 3. The van der Waals surface area contributed by atoms with E-state index in [-0.39, 0.29) is 17.1 Å². The van der Waals surface area contributed by atoms with Crippen LogP contribution >= 0.6 is 0 Å². The Morgan fingerprint density at radius 2 is 2.00 bits per heavy atom. The third kappa shape index (κ3) is 4.41. The minimum atomic E-state index is -0.167. The molecule has 0 radical (unpaired) electrons. The van der Waals surface area contributed by atoms with Gasteiger partial charge in [-0.1, -0.05) is 6.42 Å². The van der Waals surface area contributed by atoms with Gasteiger partial charge in [0, 0.05) is 36.7 Å². The van der Waals surface area contributed by atoms with E-state index in [2.05, 4.69) is 27.9 Å². The molecule has 0 saturated heterocycles. The molecular formula is C21H32N4O3. The number of guanidine groups is 1. The van der Waals surface area contributed by atoms with E-state index in [1.54, 1.807) is 12.1 Å². The van der Waals surface area contributed by atoms with Crippen LogP contribution < -0.4 is 16.0 Å². The molecule has 0 heterocycles. The van der Waals surface area contributed by atoms with Gasteiger partial charge in [-0.15, -0.1) is 0 Å². The Hall–Kier alpha value is -2.28. The van der Waals surface area contributed by atoms with Crippen LogP contribution in [0.2, 0.25) is 0 Å². The summed E-state index contributed by atoms with van der Waals surface area (Å²) in [5, 5.41) is 19.0. The van der Waals surface area contributed by atoms with Gasteiger partial charge in [0.05, 0.1) is 12.6 Å². The summed E-state index contributed by atoms with van der Waals surface area (Å²) in [5.41, 5.74) is 0.800. The average Bonchev–Trinajstić information content (AvgIpc) is 2.63. The van der Waals surface area contributed by atoms with Crippen LogP contribution in [-0.4, -0.2) is 55.4 Å². The van der Waals surface area contributed by atoms with Crippen molar-refractivity contribution in [3.8, 4) is 5.75 Å². The highest BCUT2D eigenvalue weighted by atomic mass is 16.5. The molecule has 28 heavy (non-hydrogen) atoms.